The van der Waals surface area contributed by atoms with Gasteiger partial charge in [-0.2, -0.15) is 0 Å². The van der Waals surface area contributed by atoms with Gasteiger partial charge in [0.05, 0.1) is 16.3 Å². The van der Waals surface area contributed by atoms with E-state index >= 15 is 0 Å². The number of anilines is 1. The van der Waals surface area contributed by atoms with E-state index < -0.39 is 16.6 Å². The minimum atomic E-state index is -1.09. The standard InChI is InChI=1S/C26H19ClFNO3S2/c1-34(32)21-10-8-16(9-11-21)12-23(30)29-24-15-22(17-4-2-6-19(27)13-17)26(33-24)25(31)18-5-3-7-20(28)14-18/h2-11,13-15H,12H2,1H3,(H,29,30). The Hall–Kier alpha value is -3.13. The fourth-order valence-corrected chi connectivity index (χ4v) is 5.19. The quantitative estimate of drug-likeness (QED) is 0.294. The number of halogens is 2. The molecule has 0 aliphatic rings. The monoisotopic (exact) mass is 511 g/mol. The molecule has 34 heavy (non-hydrogen) atoms. The molecule has 8 heteroatoms. The first-order valence-corrected chi connectivity index (χ1v) is 13.0. The lowest BCUT2D eigenvalue weighted by Crippen LogP contribution is -2.13. The summed E-state index contributed by atoms with van der Waals surface area (Å²) in [6.07, 6.45) is 1.72. The number of hydrogen-bond acceptors (Lipinski definition) is 4. The minimum absolute atomic E-state index is 0.119. The van der Waals surface area contributed by atoms with Crippen molar-refractivity contribution in [2.45, 2.75) is 11.3 Å². The first kappa shape index (κ1) is 24.0. The maximum absolute atomic E-state index is 13.7. The molecule has 1 N–H and O–H groups in total. The summed E-state index contributed by atoms with van der Waals surface area (Å²) < 4.78 is 25.3. The van der Waals surface area contributed by atoms with Gasteiger partial charge in [-0.25, -0.2) is 4.39 Å². The van der Waals surface area contributed by atoms with Gasteiger partial charge in [0.15, 0.2) is 0 Å². The average Bonchev–Trinajstić information content (AvgIpc) is 3.22. The molecule has 0 aliphatic heterocycles. The molecule has 1 amide bonds. The number of carbonyl (C=O) groups excluding carboxylic acids is 2. The molecule has 4 aromatic rings. The number of hydrogen-bond donors (Lipinski definition) is 1. The Labute approximate surface area is 207 Å². The summed E-state index contributed by atoms with van der Waals surface area (Å²) in [4.78, 5) is 27.0. The highest BCUT2D eigenvalue weighted by molar-refractivity contribution is 7.84. The molecule has 0 bridgehead atoms. The third kappa shape index (κ3) is 5.67. The second-order valence-corrected chi connectivity index (χ2v) is 10.4. The summed E-state index contributed by atoms with van der Waals surface area (Å²) in [7, 11) is -1.09. The van der Waals surface area contributed by atoms with Crippen molar-refractivity contribution in [1.82, 2.24) is 0 Å². The predicted molar refractivity (Wildman–Crippen MR) is 136 cm³/mol. The van der Waals surface area contributed by atoms with Gasteiger partial charge in [-0.3, -0.25) is 13.8 Å². The summed E-state index contributed by atoms with van der Waals surface area (Å²) >= 11 is 7.28. The van der Waals surface area contributed by atoms with Crippen molar-refractivity contribution in [3.05, 3.63) is 106 Å². The van der Waals surface area contributed by atoms with Gasteiger partial charge in [-0.05, 0) is 53.6 Å². The van der Waals surface area contributed by atoms with Crippen LogP contribution in [0, 0.1) is 5.82 Å². The Bertz CT molecular complexity index is 1400. The normalized spacial score (nSPS) is 11.7. The number of rotatable bonds is 7. The van der Waals surface area contributed by atoms with E-state index in [1.807, 2.05) is 6.07 Å². The number of ketones is 1. The zero-order valence-electron chi connectivity index (χ0n) is 18.0. The third-order valence-electron chi connectivity index (χ3n) is 5.04. The van der Waals surface area contributed by atoms with Gasteiger partial charge in [-0.15, -0.1) is 11.3 Å². The zero-order valence-corrected chi connectivity index (χ0v) is 20.4. The van der Waals surface area contributed by atoms with Crippen LogP contribution < -0.4 is 5.32 Å². The number of thiophene rings is 1. The highest BCUT2D eigenvalue weighted by atomic mass is 35.5. The lowest BCUT2D eigenvalue weighted by Gasteiger charge is -2.04. The van der Waals surface area contributed by atoms with E-state index in [9.17, 15) is 18.2 Å². The van der Waals surface area contributed by atoms with E-state index in [0.717, 1.165) is 16.9 Å². The molecule has 4 rings (SSSR count). The van der Waals surface area contributed by atoms with Crippen LogP contribution in [0.3, 0.4) is 0 Å². The van der Waals surface area contributed by atoms with Crippen LogP contribution in [-0.4, -0.2) is 22.2 Å². The molecule has 1 heterocycles. The molecule has 0 saturated heterocycles. The minimum Gasteiger partial charge on any atom is -0.317 e. The molecule has 172 valence electrons. The van der Waals surface area contributed by atoms with Crippen LogP contribution in [0.25, 0.3) is 11.1 Å². The van der Waals surface area contributed by atoms with Crippen LogP contribution in [0.5, 0.6) is 0 Å². The molecule has 1 unspecified atom stereocenters. The smallest absolute Gasteiger partial charge is 0.229 e. The summed E-state index contributed by atoms with van der Waals surface area (Å²) in [5.74, 6) is -1.10. The summed E-state index contributed by atoms with van der Waals surface area (Å²) in [5.41, 5.74) is 2.31. The molecule has 4 nitrogen and oxygen atoms in total. The molecule has 0 fully saturated rings. The van der Waals surface area contributed by atoms with Gasteiger partial charge >= 0.3 is 0 Å². The van der Waals surface area contributed by atoms with E-state index in [1.54, 1.807) is 60.9 Å². The molecule has 1 atom stereocenters. The van der Waals surface area contributed by atoms with Gasteiger partial charge < -0.3 is 5.32 Å². The highest BCUT2D eigenvalue weighted by Crippen LogP contribution is 2.37. The second kappa shape index (κ2) is 10.4. The van der Waals surface area contributed by atoms with E-state index in [4.69, 9.17) is 11.6 Å². The number of benzene rings is 3. The second-order valence-electron chi connectivity index (χ2n) is 7.53. The number of nitrogens with one attached hydrogen (secondary N) is 1. The maximum atomic E-state index is 13.7. The Balaban J connectivity index is 1.63. The summed E-state index contributed by atoms with van der Waals surface area (Å²) in [6.45, 7) is 0. The van der Waals surface area contributed by atoms with E-state index in [1.165, 1.54) is 18.2 Å². The van der Waals surface area contributed by atoms with Crippen molar-refractivity contribution in [2.24, 2.45) is 0 Å². The van der Waals surface area contributed by atoms with Crippen molar-refractivity contribution in [2.75, 3.05) is 11.6 Å². The van der Waals surface area contributed by atoms with Gasteiger partial charge in [0, 0.05) is 38.1 Å². The fraction of sp³-hybridized carbons (Fsp3) is 0.0769. The highest BCUT2D eigenvalue weighted by Gasteiger charge is 2.21. The molecule has 3 aromatic carbocycles. The van der Waals surface area contributed by atoms with Crippen LogP contribution in [0.15, 0.2) is 83.8 Å². The molecular formula is C26H19ClFNO3S2. The lowest BCUT2D eigenvalue weighted by molar-refractivity contribution is -0.115. The first-order valence-electron chi connectivity index (χ1n) is 10.2. The largest absolute Gasteiger partial charge is 0.317 e. The molecule has 0 radical (unpaired) electrons. The summed E-state index contributed by atoms with van der Waals surface area (Å²) in [5, 5.41) is 3.85. The lowest BCUT2D eigenvalue weighted by atomic mass is 10.0. The first-order chi connectivity index (χ1) is 16.3. The predicted octanol–water partition coefficient (Wildman–Crippen LogP) is 6.36. The van der Waals surface area contributed by atoms with E-state index in [-0.39, 0.29) is 23.7 Å². The van der Waals surface area contributed by atoms with Crippen LogP contribution in [0.4, 0.5) is 9.39 Å². The Morgan fingerprint density at radius 1 is 1.00 bits per heavy atom. The topological polar surface area (TPSA) is 63.2 Å². The SMILES string of the molecule is CS(=O)c1ccc(CC(=O)Nc2cc(-c3cccc(Cl)c3)c(C(=O)c3cccc(F)c3)s2)cc1. The number of carbonyl (C=O) groups is 2. The van der Waals surface area contributed by atoms with Gasteiger partial charge in [0.1, 0.15) is 5.82 Å². The Kier molecular flexibility index (Phi) is 7.36. The van der Waals surface area contributed by atoms with Crippen molar-refractivity contribution in [3.8, 4) is 11.1 Å². The van der Waals surface area contributed by atoms with Crippen LogP contribution in [0.1, 0.15) is 20.8 Å². The van der Waals surface area contributed by atoms with Gasteiger partial charge in [0.25, 0.3) is 0 Å². The molecule has 0 saturated carbocycles. The number of amides is 1. The summed E-state index contributed by atoms with van der Waals surface area (Å²) in [6, 6.07) is 21.3. The van der Waals surface area contributed by atoms with Gasteiger partial charge in [-0.1, -0.05) is 48.0 Å². The Morgan fingerprint density at radius 3 is 2.41 bits per heavy atom. The van der Waals surface area contributed by atoms with Crippen molar-refractivity contribution in [1.29, 1.82) is 0 Å². The average molecular weight is 512 g/mol. The molecule has 1 aromatic heterocycles. The van der Waals surface area contributed by atoms with Crippen LogP contribution >= 0.6 is 22.9 Å². The zero-order chi connectivity index (χ0) is 24.2. The fourth-order valence-electron chi connectivity index (χ4n) is 3.42. The maximum Gasteiger partial charge on any atom is 0.229 e. The Morgan fingerprint density at radius 2 is 1.74 bits per heavy atom. The van der Waals surface area contributed by atoms with Crippen molar-refractivity contribution in [3.63, 3.8) is 0 Å². The molecular weight excluding hydrogens is 493 g/mol. The van der Waals surface area contributed by atoms with Crippen molar-refractivity contribution < 1.29 is 18.2 Å². The third-order valence-corrected chi connectivity index (χ3v) is 7.26. The van der Waals surface area contributed by atoms with Crippen LogP contribution in [0.2, 0.25) is 5.02 Å². The van der Waals surface area contributed by atoms with E-state index in [2.05, 4.69) is 5.32 Å². The molecule has 0 aliphatic carbocycles. The van der Waals surface area contributed by atoms with Gasteiger partial charge in [0.2, 0.25) is 11.7 Å². The molecule has 0 spiro atoms. The van der Waals surface area contributed by atoms with Crippen LogP contribution in [-0.2, 0) is 22.0 Å². The van der Waals surface area contributed by atoms with E-state index in [0.29, 0.717) is 30.9 Å². The van der Waals surface area contributed by atoms with Crippen molar-refractivity contribution >= 4 is 50.4 Å².